The summed E-state index contributed by atoms with van der Waals surface area (Å²) in [5.74, 6) is 0.844. The third kappa shape index (κ3) is 8.33. The minimum absolute atomic E-state index is 0.140. The van der Waals surface area contributed by atoms with Crippen molar-refractivity contribution in [1.82, 2.24) is 20.1 Å². The van der Waals surface area contributed by atoms with Gasteiger partial charge >= 0.3 is 12.0 Å². The minimum atomic E-state index is -1.00. The van der Waals surface area contributed by atoms with Gasteiger partial charge in [-0.05, 0) is 89.1 Å². The number of hydrogen-bond donors (Lipinski definition) is 3. The van der Waals surface area contributed by atoms with Gasteiger partial charge in [-0.15, -0.1) is 0 Å². The molecule has 0 radical (unpaired) electrons. The van der Waals surface area contributed by atoms with Crippen LogP contribution in [0.2, 0.25) is 0 Å². The highest BCUT2D eigenvalue weighted by atomic mass is 16.5. The molecule has 39 heavy (non-hydrogen) atoms. The lowest BCUT2D eigenvalue weighted by atomic mass is 9.96. The Morgan fingerprint density at radius 1 is 1.13 bits per heavy atom. The molecule has 9 heteroatoms. The van der Waals surface area contributed by atoms with Crippen LogP contribution in [0.3, 0.4) is 0 Å². The predicted octanol–water partition coefficient (Wildman–Crippen LogP) is 4.18. The highest BCUT2D eigenvalue weighted by Crippen LogP contribution is 2.25. The van der Waals surface area contributed by atoms with E-state index in [1.54, 1.807) is 4.90 Å². The summed E-state index contributed by atoms with van der Waals surface area (Å²) in [4.78, 5) is 33.4. The Bertz CT molecular complexity index is 1070. The van der Waals surface area contributed by atoms with Gasteiger partial charge in [0, 0.05) is 37.4 Å². The van der Waals surface area contributed by atoms with Crippen LogP contribution in [0, 0.1) is 0 Å². The number of unbranched alkanes of at least 4 members (excludes halogenated alkanes) is 1. The Kier molecular flexibility index (Phi) is 10.4. The number of hydrogen-bond acceptors (Lipinski definition) is 6. The molecule has 0 unspecified atom stereocenters. The molecule has 3 N–H and O–H groups in total. The molecule has 3 atom stereocenters. The molecule has 0 bridgehead atoms. The first-order valence-electron chi connectivity index (χ1n) is 14.3. The standard InChI is InChI=1S/C30H43N5O4/c1-22-21-23(2)35(22)30(38)33-27(29(36)37)15-18-34(19-20-39-26-11-4-3-5-12-26)17-7-6-10-25-14-13-24-9-8-16-31-28(24)32-25/h3-5,11-14,22-23,27H,6-10,15-21H2,1-2H3,(H,31,32)(H,33,38)(H,36,37)/t22-,23-,27+/m1/s1. The number of amides is 2. The fraction of sp³-hybridized carbons (Fsp3) is 0.567. The van der Waals surface area contributed by atoms with Gasteiger partial charge in [0.25, 0.3) is 0 Å². The number of pyridine rings is 1. The van der Waals surface area contributed by atoms with Crippen LogP contribution in [0.1, 0.15) is 57.2 Å². The number of carboxylic acids is 1. The Hall–Kier alpha value is -3.33. The van der Waals surface area contributed by atoms with E-state index in [-0.39, 0.29) is 18.1 Å². The van der Waals surface area contributed by atoms with Crippen molar-refractivity contribution in [2.45, 2.75) is 76.9 Å². The summed E-state index contributed by atoms with van der Waals surface area (Å²) in [6, 6.07) is 13.1. The Labute approximate surface area is 231 Å². The smallest absolute Gasteiger partial charge is 0.326 e. The van der Waals surface area contributed by atoms with Gasteiger partial charge in [-0.1, -0.05) is 24.3 Å². The van der Waals surface area contributed by atoms with Crippen molar-refractivity contribution in [3.8, 4) is 5.75 Å². The Morgan fingerprint density at radius 3 is 2.67 bits per heavy atom. The average molecular weight is 538 g/mol. The van der Waals surface area contributed by atoms with Gasteiger partial charge in [-0.25, -0.2) is 14.6 Å². The number of carbonyl (C=O) groups is 2. The number of aryl methyl sites for hydroxylation is 2. The summed E-state index contributed by atoms with van der Waals surface area (Å²) in [6.07, 6.45) is 6.38. The molecule has 0 saturated carbocycles. The van der Waals surface area contributed by atoms with E-state index in [1.165, 1.54) is 5.56 Å². The zero-order valence-corrected chi connectivity index (χ0v) is 23.3. The topological polar surface area (TPSA) is 107 Å². The fourth-order valence-corrected chi connectivity index (χ4v) is 5.50. The van der Waals surface area contributed by atoms with Crippen molar-refractivity contribution < 1.29 is 19.4 Å². The van der Waals surface area contributed by atoms with Gasteiger partial charge in [0.1, 0.15) is 24.2 Å². The lowest BCUT2D eigenvalue weighted by Crippen LogP contribution is -2.61. The van der Waals surface area contributed by atoms with Crippen molar-refractivity contribution in [1.29, 1.82) is 0 Å². The molecule has 0 spiro atoms. The normalized spacial score (nSPS) is 19.0. The number of likely N-dealkylation sites (tertiary alicyclic amines) is 1. The number of para-hydroxylation sites is 1. The molecular weight excluding hydrogens is 494 g/mol. The molecule has 1 aromatic carbocycles. The van der Waals surface area contributed by atoms with Gasteiger partial charge in [-0.3, -0.25) is 4.90 Å². The van der Waals surface area contributed by atoms with Gasteiger partial charge in [-0.2, -0.15) is 0 Å². The largest absolute Gasteiger partial charge is 0.492 e. The Morgan fingerprint density at radius 2 is 1.92 bits per heavy atom. The van der Waals surface area contributed by atoms with Crippen LogP contribution in [-0.2, 0) is 17.6 Å². The molecule has 2 aliphatic rings. The monoisotopic (exact) mass is 537 g/mol. The van der Waals surface area contributed by atoms with Crippen LogP contribution in [0.4, 0.5) is 10.6 Å². The fourth-order valence-electron chi connectivity index (χ4n) is 5.50. The molecule has 9 nitrogen and oxygen atoms in total. The van der Waals surface area contributed by atoms with Gasteiger partial charge < -0.3 is 25.4 Å². The van der Waals surface area contributed by atoms with Crippen molar-refractivity contribution >= 4 is 17.8 Å². The van der Waals surface area contributed by atoms with E-state index in [9.17, 15) is 14.7 Å². The van der Waals surface area contributed by atoms with Crippen molar-refractivity contribution in [3.05, 3.63) is 53.7 Å². The molecule has 2 aliphatic heterocycles. The van der Waals surface area contributed by atoms with Crippen LogP contribution in [0.15, 0.2) is 42.5 Å². The van der Waals surface area contributed by atoms with Crippen LogP contribution in [-0.4, -0.2) is 82.8 Å². The lowest BCUT2D eigenvalue weighted by Gasteiger charge is -2.45. The van der Waals surface area contributed by atoms with E-state index in [0.29, 0.717) is 26.1 Å². The van der Waals surface area contributed by atoms with E-state index >= 15 is 0 Å². The maximum absolute atomic E-state index is 12.7. The highest BCUT2D eigenvalue weighted by Gasteiger charge is 2.37. The second-order valence-electron chi connectivity index (χ2n) is 10.8. The molecule has 4 rings (SSSR count). The number of urea groups is 1. The minimum Gasteiger partial charge on any atom is -0.492 e. The molecular formula is C30H43N5O4. The Balaban J connectivity index is 1.28. The number of rotatable bonds is 14. The van der Waals surface area contributed by atoms with Crippen LogP contribution in [0.5, 0.6) is 5.75 Å². The number of aromatic nitrogens is 1. The van der Waals surface area contributed by atoms with Crippen LogP contribution >= 0.6 is 0 Å². The van der Waals surface area contributed by atoms with Gasteiger partial charge in [0.05, 0.1) is 0 Å². The number of carbonyl (C=O) groups excluding carboxylic acids is 1. The zero-order chi connectivity index (χ0) is 27.6. The molecule has 212 valence electrons. The second-order valence-corrected chi connectivity index (χ2v) is 10.8. The summed E-state index contributed by atoms with van der Waals surface area (Å²) < 4.78 is 5.91. The maximum Gasteiger partial charge on any atom is 0.326 e. The molecule has 3 heterocycles. The first-order chi connectivity index (χ1) is 18.9. The average Bonchev–Trinajstić information content (AvgIpc) is 2.93. The quantitative estimate of drug-likeness (QED) is 0.310. The molecule has 1 aromatic heterocycles. The van der Waals surface area contributed by atoms with Crippen LogP contribution in [0.25, 0.3) is 0 Å². The summed E-state index contributed by atoms with van der Waals surface area (Å²) in [5.41, 5.74) is 2.40. The number of fused-ring (bicyclic) bond motifs is 1. The number of carboxylic acid groups (broad SMARTS) is 1. The summed E-state index contributed by atoms with van der Waals surface area (Å²) in [5, 5.41) is 15.9. The van der Waals surface area contributed by atoms with Gasteiger partial charge in [0.15, 0.2) is 0 Å². The summed E-state index contributed by atoms with van der Waals surface area (Å²) in [7, 11) is 0. The molecule has 1 fully saturated rings. The molecule has 2 amide bonds. The number of aliphatic carboxylic acids is 1. The van der Waals surface area contributed by atoms with Crippen LogP contribution < -0.4 is 15.4 Å². The third-order valence-electron chi connectivity index (χ3n) is 7.72. The van der Waals surface area contributed by atoms with Crippen molar-refractivity contribution in [2.24, 2.45) is 0 Å². The predicted molar refractivity (Wildman–Crippen MR) is 152 cm³/mol. The SMILES string of the molecule is C[C@@H]1C[C@@H](C)N1C(=O)N[C@@H](CCN(CCCCc1ccc2c(n1)NCCC2)CCOc1ccccc1)C(=O)O. The first kappa shape index (κ1) is 28.7. The van der Waals surface area contributed by atoms with E-state index in [4.69, 9.17) is 9.72 Å². The van der Waals surface area contributed by atoms with Crippen molar-refractivity contribution in [3.63, 3.8) is 0 Å². The molecule has 1 saturated heterocycles. The number of nitrogens with zero attached hydrogens (tertiary/aromatic N) is 3. The van der Waals surface area contributed by atoms with E-state index < -0.39 is 12.0 Å². The molecule has 2 aromatic rings. The van der Waals surface area contributed by atoms with E-state index in [1.807, 2.05) is 44.2 Å². The number of benzene rings is 1. The van der Waals surface area contributed by atoms with Crippen molar-refractivity contribution in [2.75, 3.05) is 38.1 Å². The lowest BCUT2D eigenvalue weighted by molar-refractivity contribution is -0.139. The first-order valence-corrected chi connectivity index (χ1v) is 14.3. The van der Waals surface area contributed by atoms with Gasteiger partial charge in [0.2, 0.25) is 0 Å². The zero-order valence-electron chi connectivity index (χ0n) is 23.3. The maximum atomic E-state index is 12.7. The number of ether oxygens (including phenoxy) is 1. The molecule has 0 aliphatic carbocycles. The van der Waals surface area contributed by atoms with E-state index in [2.05, 4.69) is 27.7 Å². The number of anilines is 1. The summed E-state index contributed by atoms with van der Waals surface area (Å²) in [6.45, 7) is 7.52. The summed E-state index contributed by atoms with van der Waals surface area (Å²) >= 11 is 0. The second kappa shape index (κ2) is 14.2. The highest BCUT2D eigenvalue weighted by molar-refractivity contribution is 5.83. The van der Waals surface area contributed by atoms with E-state index in [0.717, 1.165) is 68.9 Å². The third-order valence-corrected chi connectivity index (χ3v) is 7.72. The number of nitrogens with one attached hydrogen (secondary N) is 2.